The van der Waals surface area contributed by atoms with E-state index >= 15 is 0 Å². The van der Waals surface area contributed by atoms with Crippen LogP contribution in [0.15, 0.2) is 12.2 Å². The molecule has 0 aromatic rings. The normalized spacial score (nSPS) is 51.6. The number of allylic oxidation sites excluding steroid dienone is 1. The molecule has 0 amide bonds. The summed E-state index contributed by atoms with van der Waals surface area (Å²) in [6.07, 6.45) is -29.4. The van der Waals surface area contributed by atoms with Gasteiger partial charge in [0.1, 0.15) is 92.1 Å². The predicted octanol–water partition coefficient (Wildman–Crippen LogP) is -7.23. The summed E-state index contributed by atoms with van der Waals surface area (Å²) >= 11 is 0. The van der Waals surface area contributed by atoms with Crippen molar-refractivity contribution >= 4 is 5.97 Å². The van der Waals surface area contributed by atoms with Gasteiger partial charge in [-0.3, -0.25) is 0 Å². The molecule has 380 valence electrons. The fraction of sp³-hybridized carbons (Fsp3) is 0.929. The van der Waals surface area contributed by atoms with Crippen LogP contribution in [0.25, 0.3) is 0 Å². The zero-order valence-electron chi connectivity index (χ0n) is 36.1. The van der Waals surface area contributed by atoms with Crippen molar-refractivity contribution in [1.29, 1.82) is 0 Å². The van der Waals surface area contributed by atoms with Gasteiger partial charge < -0.3 is 114 Å². The highest BCUT2D eigenvalue weighted by Crippen LogP contribution is 2.45. The van der Waals surface area contributed by atoms with Crippen LogP contribution in [-0.2, 0) is 38.0 Å². The van der Waals surface area contributed by atoms with Gasteiger partial charge >= 0.3 is 5.97 Å². The van der Waals surface area contributed by atoms with Gasteiger partial charge in [-0.05, 0) is 50.9 Å². The number of carbonyl (C=O) groups excluding carboxylic acids is 1. The molecule has 25 unspecified atom stereocenters. The van der Waals surface area contributed by atoms with E-state index in [2.05, 4.69) is 0 Å². The molecule has 3 saturated carbocycles. The first-order valence-electron chi connectivity index (χ1n) is 22.9. The Morgan fingerprint density at radius 2 is 1.05 bits per heavy atom. The van der Waals surface area contributed by atoms with E-state index in [1.54, 1.807) is 6.08 Å². The van der Waals surface area contributed by atoms with Crippen LogP contribution in [0.3, 0.4) is 0 Å². The van der Waals surface area contributed by atoms with Gasteiger partial charge in [-0.2, -0.15) is 0 Å². The molecular weight excluding hydrogens is 888 g/mol. The highest BCUT2D eigenvalue weighted by atomic mass is 16.7. The molecule has 4 heterocycles. The van der Waals surface area contributed by atoms with Crippen LogP contribution in [0.2, 0.25) is 0 Å². The van der Waals surface area contributed by atoms with Gasteiger partial charge in [0.2, 0.25) is 0 Å². The molecule has 66 heavy (non-hydrogen) atoms. The van der Waals surface area contributed by atoms with Crippen molar-refractivity contribution in [3.63, 3.8) is 0 Å². The number of rotatable bonds is 13. The van der Waals surface area contributed by atoms with Gasteiger partial charge in [-0.15, -0.1) is 0 Å². The lowest BCUT2D eigenvalue weighted by atomic mass is 9.72. The van der Waals surface area contributed by atoms with Gasteiger partial charge in [0, 0.05) is 24.8 Å². The minimum atomic E-state index is -1.84. The Labute approximate surface area is 379 Å². The summed E-state index contributed by atoms with van der Waals surface area (Å²) in [7, 11) is 0. The van der Waals surface area contributed by atoms with Crippen LogP contribution in [0.1, 0.15) is 57.8 Å². The molecule has 24 heteroatoms. The number of hydrogen-bond acceptors (Lipinski definition) is 23. The van der Waals surface area contributed by atoms with Crippen LogP contribution in [0.5, 0.6) is 0 Å². The Morgan fingerprint density at radius 1 is 0.530 bits per heavy atom. The topological polar surface area (TPSA) is 398 Å². The van der Waals surface area contributed by atoms with Crippen LogP contribution in [0.4, 0.5) is 0 Å². The Bertz CT molecular complexity index is 1570. The zero-order valence-corrected chi connectivity index (χ0v) is 36.1. The van der Waals surface area contributed by atoms with E-state index in [1.807, 2.05) is 0 Å². The number of esters is 1. The van der Waals surface area contributed by atoms with Gasteiger partial charge in [0.25, 0.3) is 0 Å². The Balaban J connectivity index is 1.08. The van der Waals surface area contributed by atoms with Gasteiger partial charge in [-0.1, -0.05) is 6.08 Å². The van der Waals surface area contributed by atoms with E-state index in [-0.39, 0.29) is 44.1 Å². The summed E-state index contributed by atoms with van der Waals surface area (Å²) < 4.78 is 46.0. The highest BCUT2D eigenvalue weighted by molar-refractivity contribution is 5.81. The van der Waals surface area contributed by atoms with Crippen molar-refractivity contribution in [1.82, 2.24) is 0 Å². The summed E-state index contributed by atoms with van der Waals surface area (Å²) in [4.78, 5) is 12.6. The maximum Gasteiger partial charge on any atom is 0.330 e. The van der Waals surface area contributed by atoms with E-state index in [1.165, 1.54) is 6.08 Å². The lowest BCUT2D eigenvalue weighted by Crippen LogP contribution is -2.65. The third kappa shape index (κ3) is 11.6. The van der Waals surface area contributed by atoms with E-state index < -0.39 is 179 Å². The molecule has 7 rings (SSSR count). The van der Waals surface area contributed by atoms with Crippen molar-refractivity contribution in [2.24, 2.45) is 17.8 Å². The van der Waals surface area contributed by atoms with Gasteiger partial charge in [0.05, 0.1) is 49.7 Å². The van der Waals surface area contributed by atoms with Crippen molar-refractivity contribution in [2.75, 3.05) is 19.8 Å². The monoisotopic (exact) mass is 957 g/mol. The highest BCUT2D eigenvalue weighted by Gasteiger charge is 2.58. The number of ether oxygens (including phenoxy) is 8. The molecule has 16 N–H and O–H groups in total. The summed E-state index contributed by atoms with van der Waals surface area (Å²) in [5.41, 5.74) is 0. The quantitative estimate of drug-likeness (QED) is 0.0463. The summed E-state index contributed by atoms with van der Waals surface area (Å²) in [5, 5.41) is 159. The number of fused-ring (bicyclic) bond motifs is 1. The molecule has 7 fully saturated rings. The Morgan fingerprint density at radius 3 is 1.61 bits per heavy atom. The summed E-state index contributed by atoms with van der Waals surface area (Å²) in [6, 6.07) is 0. The standard InChI is InChI=1S/C42H68O24/c43-12-25-30(50)33(53)36(56)41(64-25)62-23-8-16(7-20(47)29(23)49)39-24(63-42-37(57)34(54)31(51)26(13-44)65-42)11-19-21(60-39)9-18(46)10-22(19)61-40-38(58)35(55)32(52)27(66-40)14-59-28(48)6-3-15-1-4-17(45)5-2-15/h3,6,15-27,29-47,49-58H,1-2,4-5,7-14H2/p+1. The average molecular weight is 958 g/mol. The third-order valence-corrected chi connectivity index (χ3v) is 14.5. The smallest absolute Gasteiger partial charge is 0.330 e. The first-order chi connectivity index (χ1) is 31.4. The zero-order chi connectivity index (χ0) is 47.7. The Kier molecular flexibility index (Phi) is 17.9. The van der Waals surface area contributed by atoms with Crippen molar-refractivity contribution in [3.8, 4) is 0 Å². The number of aliphatic hydroxyl groups is 17. The molecule has 3 aliphatic carbocycles. The second kappa shape index (κ2) is 22.6. The first-order valence-corrected chi connectivity index (χ1v) is 22.9. The maximum atomic E-state index is 12.6. The number of carbonyl (C=O) groups is 1. The lowest BCUT2D eigenvalue weighted by molar-refractivity contribution is -0.370. The third-order valence-electron chi connectivity index (χ3n) is 14.5. The number of hydrogen-bond donors (Lipinski definition) is 15. The van der Waals surface area contributed by atoms with Crippen LogP contribution >= 0.6 is 0 Å². The minimum absolute atomic E-state index is 0.0139. The second-order valence-corrected chi connectivity index (χ2v) is 19.0. The maximum absolute atomic E-state index is 12.6. The van der Waals surface area contributed by atoms with E-state index in [0.29, 0.717) is 25.7 Å². The van der Waals surface area contributed by atoms with Crippen molar-refractivity contribution in [3.05, 3.63) is 12.2 Å². The fourth-order valence-electron chi connectivity index (χ4n) is 10.6. The van der Waals surface area contributed by atoms with Gasteiger partial charge in [0.15, 0.2) is 31.1 Å². The number of aliphatic hydroxyl groups excluding tert-OH is 15. The molecule has 0 spiro atoms. The average Bonchev–Trinajstić information content (AvgIpc) is 3.30. The largest absolute Gasteiger partial charge is 0.460 e. The van der Waals surface area contributed by atoms with Crippen molar-refractivity contribution < 1.29 is 119 Å². The fourth-order valence-corrected chi connectivity index (χ4v) is 10.6. The molecule has 7 aliphatic rings. The molecule has 0 aromatic carbocycles. The molecule has 25 atom stereocenters. The molecule has 0 bridgehead atoms. The Hall–Kier alpha value is -1.67. The van der Waals surface area contributed by atoms with Crippen LogP contribution in [-0.4, -0.2) is 254 Å². The summed E-state index contributed by atoms with van der Waals surface area (Å²) in [5.74, 6) is -2.10. The molecule has 0 radical (unpaired) electrons. The van der Waals surface area contributed by atoms with E-state index in [0.717, 1.165) is 0 Å². The molecular formula is C42H69O24+. The lowest BCUT2D eigenvalue weighted by Gasteiger charge is -2.50. The summed E-state index contributed by atoms with van der Waals surface area (Å²) in [6.45, 7) is -2.05. The second-order valence-electron chi connectivity index (χ2n) is 19.0. The first kappa shape index (κ1) is 52.2. The molecule has 24 nitrogen and oxygen atoms in total. The molecule has 4 saturated heterocycles. The van der Waals surface area contributed by atoms with E-state index in [4.69, 9.17) is 37.9 Å². The SMILES string of the molecule is O=C(C=CC1CCC(O)CC1)OCC1OC(OC2CC(O)CC3[OH+]C(C4CC(O)C(O)C(OC5OC(CO)C(O)C(O)C5O)C4)C(OC4OC(CO)C(O)C(O)C4O)CC23)C(O)C(O)C1O. The van der Waals surface area contributed by atoms with Crippen LogP contribution in [0, 0.1) is 17.8 Å². The molecule has 4 aliphatic heterocycles. The van der Waals surface area contributed by atoms with Crippen molar-refractivity contribution in [2.45, 2.75) is 205 Å². The van der Waals surface area contributed by atoms with E-state index in [9.17, 15) is 81.4 Å². The minimum Gasteiger partial charge on any atom is -0.460 e. The van der Waals surface area contributed by atoms with Crippen LogP contribution < -0.4 is 0 Å². The predicted molar refractivity (Wildman–Crippen MR) is 215 cm³/mol. The van der Waals surface area contributed by atoms with Gasteiger partial charge in [-0.25, -0.2) is 4.79 Å². The molecule has 0 aromatic heterocycles.